The number of ether oxygens (including phenoxy) is 1. The molecule has 1 heterocycles. The van der Waals surface area contributed by atoms with Crippen LogP contribution in [0.15, 0.2) is 24.3 Å². The quantitative estimate of drug-likeness (QED) is 0.823. The molecular weight excluding hydrogens is 326 g/mol. The summed E-state index contributed by atoms with van der Waals surface area (Å²) in [4.78, 5) is 14.1. The topological polar surface area (TPSA) is 41.6 Å². The Hall–Kier alpha value is -1.40. The summed E-state index contributed by atoms with van der Waals surface area (Å²) in [5.41, 5.74) is 0.945. The number of halogens is 3. The van der Waals surface area contributed by atoms with Crippen LogP contribution in [0.5, 0.6) is 5.75 Å². The lowest BCUT2D eigenvalue weighted by molar-refractivity contribution is -0.130. The van der Waals surface area contributed by atoms with Gasteiger partial charge in [0.15, 0.2) is 0 Å². The molecule has 1 fully saturated rings. The highest BCUT2D eigenvalue weighted by atomic mass is 35.5. The predicted molar refractivity (Wildman–Crippen MR) is 87.3 cm³/mol. The van der Waals surface area contributed by atoms with Crippen molar-refractivity contribution in [3.8, 4) is 5.75 Å². The minimum absolute atomic E-state index is 0. The first-order valence-electron chi connectivity index (χ1n) is 7.54. The average molecular weight is 349 g/mol. The second-order valence-electron chi connectivity index (χ2n) is 5.57. The van der Waals surface area contributed by atoms with Crippen molar-refractivity contribution in [2.75, 3.05) is 26.7 Å². The molecule has 4 nitrogen and oxygen atoms in total. The fraction of sp³-hybridized carbons (Fsp3) is 0.562. The van der Waals surface area contributed by atoms with Crippen LogP contribution in [0.1, 0.15) is 18.4 Å². The molecule has 0 aliphatic carbocycles. The van der Waals surface area contributed by atoms with E-state index in [0.29, 0.717) is 18.8 Å². The van der Waals surface area contributed by atoms with Crippen molar-refractivity contribution in [1.82, 2.24) is 10.2 Å². The number of alkyl halides is 2. The standard InChI is InChI=1S/C16H22F2N2O2.ClH/c1-19-10-13-8-9-20(11-13)15(21)7-4-12-2-5-14(6-3-12)22-16(17)18;/h2-3,5-6,13,16,19H,4,7-11H2,1H3;1H. The Balaban J connectivity index is 0.00000264. The largest absolute Gasteiger partial charge is 0.435 e. The Morgan fingerprint density at radius 1 is 1.39 bits per heavy atom. The number of hydrogen-bond acceptors (Lipinski definition) is 3. The highest BCUT2D eigenvalue weighted by Crippen LogP contribution is 2.18. The number of aryl methyl sites for hydroxylation is 1. The zero-order chi connectivity index (χ0) is 15.9. The average Bonchev–Trinajstić information content (AvgIpc) is 2.95. The maximum Gasteiger partial charge on any atom is 0.387 e. The van der Waals surface area contributed by atoms with E-state index >= 15 is 0 Å². The second-order valence-corrected chi connectivity index (χ2v) is 5.57. The number of nitrogens with one attached hydrogen (secondary N) is 1. The summed E-state index contributed by atoms with van der Waals surface area (Å²) >= 11 is 0. The van der Waals surface area contributed by atoms with Crippen molar-refractivity contribution in [2.45, 2.75) is 25.9 Å². The van der Waals surface area contributed by atoms with E-state index in [-0.39, 0.29) is 24.1 Å². The Kier molecular flexibility index (Phi) is 8.26. The minimum atomic E-state index is -2.81. The zero-order valence-electron chi connectivity index (χ0n) is 13.1. The Labute approximate surface area is 141 Å². The summed E-state index contributed by atoms with van der Waals surface area (Å²) in [6.07, 6.45) is 2.11. The maximum absolute atomic E-state index is 12.2. The van der Waals surface area contributed by atoms with Crippen LogP contribution in [-0.2, 0) is 11.2 Å². The van der Waals surface area contributed by atoms with Crippen LogP contribution in [0.2, 0.25) is 0 Å². The highest BCUT2D eigenvalue weighted by Gasteiger charge is 2.25. The van der Waals surface area contributed by atoms with Crippen LogP contribution in [-0.4, -0.2) is 44.1 Å². The van der Waals surface area contributed by atoms with Crippen LogP contribution in [0.3, 0.4) is 0 Å². The maximum atomic E-state index is 12.2. The fourth-order valence-electron chi connectivity index (χ4n) is 2.76. The van der Waals surface area contributed by atoms with Gasteiger partial charge in [-0.25, -0.2) is 0 Å². The molecule has 0 aromatic heterocycles. The van der Waals surface area contributed by atoms with E-state index in [1.165, 1.54) is 12.1 Å². The number of hydrogen-bond donors (Lipinski definition) is 1. The van der Waals surface area contributed by atoms with Gasteiger partial charge in [0.1, 0.15) is 5.75 Å². The van der Waals surface area contributed by atoms with Crippen molar-refractivity contribution in [2.24, 2.45) is 5.92 Å². The lowest BCUT2D eigenvalue weighted by atomic mass is 10.1. The molecule has 2 rings (SSSR count). The fourth-order valence-corrected chi connectivity index (χ4v) is 2.76. The van der Waals surface area contributed by atoms with E-state index in [1.807, 2.05) is 11.9 Å². The first-order valence-corrected chi connectivity index (χ1v) is 7.54. The highest BCUT2D eigenvalue weighted by molar-refractivity contribution is 5.85. The Morgan fingerprint density at radius 3 is 2.70 bits per heavy atom. The van der Waals surface area contributed by atoms with E-state index in [1.54, 1.807) is 12.1 Å². The second kappa shape index (κ2) is 9.67. The first-order chi connectivity index (χ1) is 10.6. The smallest absolute Gasteiger partial charge is 0.387 e. The van der Waals surface area contributed by atoms with Gasteiger partial charge in [-0.15, -0.1) is 12.4 Å². The van der Waals surface area contributed by atoms with Gasteiger partial charge >= 0.3 is 6.61 Å². The van der Waals surface area contributed by atoms with Crippen molar-refractivity contribution in [3.63, 3.8) is 0 Å². The molecule has 1 saturated heterocycles. The molecule has 1 atom stereocenters. The summed E-state index contributed by atoms with van der Waals surface area (Å²) in [6, 6.07) is 6.45. The Bertz CT molecular complexity index is 485. The molecule has 1 aliphatic heterocycles. The molecular formula is C16H23ClF2N2O2. The normalized spacial score (nSPS) is 17.2. The van der Waals surface area contributed by atoms with Gasteiger partial charge in [0, 0.05) is 19.5 Å². The molecule has 1 aliphatic rings. The van der Waals surface area contributed by atoms with Gasteiger partial charge in [-0.3, -0.25) is 4.79 Å². The molecule has 1 aromatic rings. The van der Waals surface area contributed by atoms with Crippen molar-refractivity contribution < 1.29 is 18.3 Å². The molecule has 7 heteroatoms. The third kappa shape index (κ3) is 6.31. The van der Waals surface area contributed by atoms with Crippen LogP contribution < -0.4 is 10.1 Å². The van der Waals surface area contributed by atoms with Gasteiger partial charge in [0.2, 0.25) is 5.91 Å². The van der Waals surface area contributed by atoms with Gasteiger partial charge in [0.05, 0.1) is 0 Å². The van der Waals surface area contributed by atoms with Crippen LogP contribution in [0.25, 0.3) is 0 Å². The molecule has 1 aromatic carbocycles. The zero-order valence-corrected chi connectivity index (χ0v) is 14.0. The summed E-state index contributed by atoms with van der Waals surface area (Å²) in [5.74, 6) is 0.839. The van der Waals surface area contributed by atoms with Gasteiger partial charge < -0.3 is 15.0 Å². The third-order valence-electron chi connectivity index (χ3n) is 3.91. The van der Waals surface area contributed by atoms with Crippen LogP contribution >= 0.6 is 12.4 Å². The van der Waals surface area contributed by atoms with Crippen LogP contribution in [0.4, 0.5) is 8.78 Å². The molecule has 0 radical (unpaired) electrons. The molecule has 0 bridgehead atoms. The van der Waals surface area contributed by atoms with Gasteiger partial charge in [-0.05, 0) is 50.0 Å². The van der Waals surface area contributed by atoms with E-state index < -0.39 is 6.61 Å². The molecule has 0 spiro atoms. The van der Waals surface area contributed by atoms with Crippen molar-refractivity contribution in [1.29, 1.82) is 0 Å². The summed E-state index contributed by atoms with van der Waals surface area (Å²) < 4.78 is 28.4. The van der Waals surface area contributed by atoms with Gasteiger partial charge in [0.25, 0.3) is 0 Å². The number of carbonyl (C=O) groups is 1. The molecule has 0 saturated carbocycles. The first kappa shape index (κ1) is 19.6. The van der Waals surface area contributed by atoms with E-state index in [0.717, 1.165) is 31.6 Å². The van der Waals surface area contributed by atoms with Crippen molar-refractivity contribution in [3.05, 3.63) is 29.8 Å². The van der Waals surface area contributed by atoms with Crippen molar-refractivity contribution >= 4 is 18.3 Å². The summed E-state index contributed by atoms with van der Waals surface area (Å²) in [7, 11) is 1.92. The number of nitrogens with zero attached hydrogens (tertiary/aromatic N) is 1. The molecule has 130 valence electrons. The van der Waals surface area contributed by atoms with Gasteiger partial charge in [-0.2, -0.15) is 8.78 Å². The lowest BCUT2D eigenvalue weighted by Gasteiger charge is -2.16. The Morgan fingerprint density at radius 2 is 2.09 bits per heavy atom. The number of carbonyl (C=O) groups excluding carboxylic acids is 1. The minimum Gasteiger partial charge on any atom is -0.435 e. The monoisotopic (exact) mass is 348 g/mol. The van der Waals surface area contributed by atoms with E-state index in [4.69, 9.17) is 0 Å². The third-order valence-corrected chi connectivity index (χ3v) is 3.91. The molecule has 23 heavy (non-hydrogen) atoms. The predicted octanol–water partition coefficient (Wildman–Crippen LogP) is 2.71. The molecule has 1 unspecified atom stereocenters. The summed E-state index contributed by atoms with van der Waals surface area (Å²) in [5, 5.41) is 3.14. The summed E-state index contributed by atoms with van der Waals surface area (Å²) in [6.45, 7) is -0.226. The number of benzene rings is 1. The van der Waals surface area contributed by atoms with E-state index in [2.05, 4.69) is 10.1 Å². The van der Waals surface area contributed by atoms with Gasteiger partial charge in [-0.1, -0.05) is 12.1 Å². The lowest BCUT2D eigenvalue weighted by Crippen LogP contribution is -2.30. The van der Waals surface area contributed by atoms with Crippen LogP contribution in [0, 0.1) is 5.92 Å². The number of amides is 1. The number of likely N-dealkylation sites (tertiary alicyclic amines) is 1. The SMILES string of the molecule is CNCC1CCN(C(=O)CCc2ccc(OC(F)F)cc2)C1.Cl. The number of rotatable bonds is 7. The molecule has 1 N–H and O–H groups in total. The molecule has 1 amide bonds. The van der Waals surface area contributed by atoms with E-state index in [9.17, 15) is 13.6 Å².